The van der Waals surface area contributed by atoms with Gasteiger partial charge in [0.25, 0.3) is 0 Å². The van der Waals surface area contributed by atoms with Crippen LogP contribution in [-0.4, -0.2) is 12.5 Å². The van der Waals surface area contributed by atoms with Crippen molar-refractivity contribution >= 4 is 28.9 Å². The molecule has 0 fully saturated rings. The molecule has 1 amide bonds. The van der Waals surface area contributed by atoms with Crippen LogP contribution in [0.1, 0.15) is 5.56 Å². The maximum atomic E-state index is 10.5. The van der Waals surface area contributed by atoms with Gasteiger partial charge in [-0.15, -0.1) is 0 Å². The van der Waals surface area contributed by atoms with E-state index in [4.69, 9.17) is 23.1 Å². The predicted octanol–water partition coefficient (Wildman–Crippen LogP) is 1.13. The number of primary amides is 1. The second kappa shape index (κ2) is 4.19. The van der Waals surface area contributed by atoms with Crippen LogP contribution in [0.25, 0.3) is 0 Å². The van der Waals surface area contributed by atoms with Crippen LogP contribution in [0.2, 0.25) is 5.02 Å². The number of nitrogens with one attached hydrogen (secondary N) is 1. The molecule has 0 spiro atoms. The Morgan fingerprint density at radius 3 is 2.79 bits per heavy atom. The normalized spacial score (nSPS) is 9.86. The lowest BCUT2D eigenvalue weighted by atomic mass is 10.2. The van der Waals surface area contributed by atoms with Crippen LogP contribution in [0.15, 0.2) is 12.1 Å². The maximum absolute atomic E-state index is 10.5. The topological polar surface area (TPSA) is 81.1 Å². The summed E-state index contributed by atoms with van der Waals surface area (Å²) in [6.07, 6.45) is 0. The molecule has 0 heterocycles. The van der Waals surface area contributed by atoms with E-state index in [2.05, 4.69) is 5.32 Å². The molecular weight excluding hydrogens is 202 g/mol. The molecule has 0 aliphatic carbocycles. The second-order valence-corrected chi connectivity index (χ2v) is 3.42. The lowest BCUT2D eigenvalue weighted by Crippen LogP contribution is -2.22. The number of carbonyl (C=O) groups is 1. The third-order valence-corrected chi connectivity index (χ3v) is 2.12. The summed E-state index contributed by atoms with van der Waals surface area (Å²) in [7, 11) is 0. The number of benzene rings is 1. The average molecular weight is 214 g/mol. The molecule has 0 saturated heterocycles. The first-order valence-electron chi connectivity index (χ1n) is 4.08. The number of anilines is 2. The van der Waals surface area contributed by atoms with Crippen molar-refractivity contribution < 1.29 is 4.79 Å². The molecule has 0 radical (unpaired) electrons. The van der Waals surface area contributed by atoms with E-state index < -0.39 is 5.91 Å². The molecule has 1 rings (SSSR count). The van der Waals surface area contributed by atoms with Gasteiger partial charge in [-0.3, -0.25) is 4.79 Å². The van der Waals surface area contributed by atoms with Gasteiger partial charge in [-0.05, 0) is 24.6 Å². The van der Waals surface area contributed by atoms with E-state index in [9.17, 15) is 4.79 Å². The fourth-order valence-electron chi connectivity index (χ4n) is 1.08. The van der Waals surface area contributed by atoms with Crippen LogP contribution < -0.4 is 16.8 Å². The van der Waals surface area contributed by atoms with Gasteiger partial charge in [0.1, 0.15) is 0 Å². The summed E-state index contributed by atoms with van der Waals surface area (Å²) >= 11 is 5.82. The molecule has 76 valence electrons. The number of nitrogens with two attached hydrogens (primary N) is 2. The van der Waals surface area contributed by atoms with Crippen LogP contribution in [0.4, 0.5) is 11.4 Å². The molecule has 0 atom stereocenters. The molecule has 5 heteroatoms. The van der Waals surface area contributed by atoms with E-state index in [-0.39, 0.29) is 6.54 Å². The van der Waals surface area contributed by atoms with Crippen molar-refractivity contribution in [3.8, 4) is 0 Å². The van der Waals surface area contributed by atoms with Gasteiger partial charge in [0.05, 0.1) is 17.3 Å². The Labute approximate surface area is 87.2 Å². The smallest absolute Gasteiger partial charge is 0.236 e. The first-order chi connectivity index (χ1) is 6.50. The minimum absolute atomic E-state index is 0.0844. The molecule has 1 aromatic carbocycles. The molecule has 0 bridgehead atoms. The number of hydrogen-bond donors (Lipinski definition) is 3. The molecule has 14 heavy (non-hydrogen) atoms. The van der Waals surface area contributed by atoms with Crippen LogP contribution >= 0.6 is 11.6 Å². The first-order valence-corrected chi connectivity index (χ1v) is 4.46. The summed E-state index contributed by atoms with van der Waals surface area (Å²) in [6, 6.07) is 3.42. The van der Waals surface area contributed by atoms with Gasteiger partial charge in [-0.1, -0.05) is 11.6 Å². The van der Waals surface area contributed by atoms with E-state index >= 15 is 0 Å². The number of amides is 1. The standard InChI is InChI=1S/C9H12ClN3O/c1-5-2-7(11)6(10)3-8(5)13-4-9(12)14/h2-3,13H,4,11H2,1H3,(H2,12,14). The summed E-state index contributed by atoms with van der Waals surface area (Å²) < 4.78 is 0. The predicted molar refractivity (Wildman–Crippen MR) is 58.3 cm³/mol. The van der Waals surface area contributed by atoms with Crippen LogP contribution in [0.3, 0.4) is 0 Å². The third-order valence-electron chi connectivity index (χ3n) is 1.80. The highest BCUT2D eigenvalue weighted by atomic mass is 35.5. The minimum atomic E-state index is -0.419. The quantitative estimate of drug-likeness (QED) is 0.659. The number of carbonyl (C=O) groups excluding carboxylic acids is 1. The monoisotopic (exact) mass is 213 g/mol. The molecule has 0 aliphatic heterocycles. The summed E-state index contributed by atoms with van der Waals surface area (Å²) in [5.41, 5.74) is 12.8. The maximum Gasteiger partial charge on any atom is 0.236 e. The van der Waals surface area contributed by atoms with Gasteiger partial charge in [0.2, 0.25) is 5.91 Å². The molecule has 5 N–H and O–H groups in total. The molecule has 0 unspecified atom stereocenters. The Morgan fingerprint density at radius 1 is 1.57 bits per heavy atom. The van der Waals surface area contributed by atoms with E-state index in [0.717, 1.165) is 11.3 Å². The Bertz CT molecular complexity index is 365. The Hall–Kier alpha value is -1.42. The Kier molecular flexibility index (Phi) is 3.19. The number of halogens is 1. The second-order valence-electron chi connectivity index (χ2n) is 3.01. The van der Waals surface area contributed by atoms with E-state index in [0.29, 0.717) is 10.7 Å². The van der Waals surface area contributed by atoms with Crippen LogP contribution in [-0.2, 0) is 4.79 Å². The SMILES string of the molecule is Cc1cc(N)c(Cl)cc1NCC(N)=O. The number of hydrogen-bond acceptors (Lipinski definition) is 3. The zero-order valence-corrected chi connectivity index (χ0v) is 8.56. The Morgan fingerprint density at radius 2 is 2.21 bits per heavy atom. The number of nitrogen functional groups attached to an aromatic ring is 1. The van der Waals surface area contributed by atoms with Crippen molar-refractivity contribution in [3.63, 3.8) is 0 Å². The van der Waals surface area contributed by atoms with Gasteiger partial charge in [-0.2, -0.15) is 0 Å². The number of rotatable bonds is 3. The highest BCUT2D eigenvalue weighted by molar-refractivity contribution is 6.33. The summed E-state index contributed by atoms with van der Waals surface area (Å²) in [4.78, 5) is 10.5. The molecule has 1 aromatic rings. The van der Waals surface area contributed by atoms with Crippen molar-refractivity contribution in [2.75, 3.05) is 17.6 Å². The van der Waals surface area contributed by atoms with E-state index in [1.165, 1.54) is 0 Å². The van der Waals surface area contributed by atoms with Gasteiger partial charge >= 0.3 is 0 Å². The van der Waals surface area contributed by atoms with Crippen molar-refractivity contribution in [1.29, 1.82) is 0 Å². The van der Waals surface area contributed by atoms with Crippen molar-refractivity contribution in [1.82, 2.24) is 0 Å². The fraction of sp³-hybridized carbons (Fsp3) is 0.222. The van der Waals surface area contributed by atoms with Gasteiger partial charge in [0, 0.05) is 5.69 Å². The lowest BCUT2D eigenvalue weighted by molar-refractivity contribution is -0.116. The molecule has 0 aromatic heterocycles. The third kappa shape index (κ3) is 2.53. The van der Waals surface area contributed by atoms with Crippen molar-refractivity contribution in [2.24, 2.45) is 5.73 Å². The molecule has 4 nitrogen and oxygen atoms in total. The molecule has 0 saturated carbocycles. The molecular formula is C9H12ClN3O. The minimum Gasteiger partial charge on any atom is -0.398 e. The zero-order valence-electron chi connectivity index (χ0n) is 7.80. The van der Waals surface area contributed by atoms with Crippen molar-refractivity contribution in [3.05, 3.63) is 22.7 Å². The zero-order chi connectivity index (χ0) is 10.7. The van der Waals surface area contributed by atoms with E-state index in [1.807, 2.05) is 6.92 Å². The highest BCUT2D eigenvalue weighted by Crippen LogP contribution is 2.26. The van der Waals surface area contributed by atoms with Crippen molar-refractivity contribution in [2.45, 2.75) is 6.92 Å². The van der Waals surface area contributed by atoms with Gasteiger partial charge in [-0.25, -0.2) is 0 Å². The average Bonchev–Trinajstić information content (AvgIpc) is 2.09. The van der Waals surface area contributed by atoms with E-state index in [1.54, 1.807) is 12.1 Å². The lowest BCUT2D eigenvalue weighted by Gasteiger charge is -2.09. The molecule has 0 aliphatic rings. The summed E-state index contributed by atoms with van der Waals surface area (Å²) in [6.45, 7) is 1.96. The van der Waals surface area contributed by atoms with Crippen LogP contribution in [0, 0.1) is 6.92 Å². The van der Waals surface area contributed by atoms with Crippen LogP contribution in [0.5, 0.6) is 0 Å². The fourth-order valence-corrected chi connectivity index (χ4v) is 1.24. The summed E-state index contributed by atoms with van der Waals surface area (Å²) in [5, 5.41) is 3.33. The number of aryl methyl sites for hydroxylation is 1. The summed E-state index contributed by atoms with van der Waals surface area (Å²) in [5.74, 6) is -0.419. The van der Waals surface area contributed by atoms with Gasteiger partial charge < -0.3 is 16.8 Å². The highest BCUT2D eigenvalue weighted by Gasteiger charge is 2.03. The van der Waals surface area contributed by atoms with Gasteiger partial charge in [0.15, 0.2) is 0 Å². The Balaban J connectivity index is 2.87. The first kappa shape index (κ1) is 10.7. The largest absolute Gasteiger partial charge is 0.398 e.